The number of hydrogen-bond donors (Lipinski definition) is 1. The second-order valence-corrected chi connectivity index (χ2v) is 7.87. The lowest BCUT2D eigenvalue weighted by Crippen LogP contribution is -2.46. The first-order chi connectivity index (χ1) is 13.5. The molecule has 0 atom stereocenters. The molecule has 0 bridgehead atoms. The monoisotopic (exact) mass is 464 g/mol. The molecule has 146 valence electrons. The molecule has 1 aliphatic heterocycles. The number of carboxylic acid groups (broad SMARTS) is 1. The fourth-order valence-corrected chi connectivity index (χ4v) is 4.37. The Bertz CT molecular complexity index is 1010. The zero-order valence-electron chi connectivity index (χ0n) is 14.9. The van der Waals surface area contributed by atoms with Crippen LogP contribution in [0.15, 0.2) is 51.4 Å². The zero-order valence-corrected chi connectivity index (χ0v) is 17.2. The highest BCUT2D eigenvalue weighted by atomic mass is 79.9. The summed E-state index contributed by atoms with van der Waals surface area (Å²) in [4.78, 5) is 15.4. The van der Waals surface area contributed by atoms with Gasteiger partial charge >= 0.3 is 6.16 Å². The van der Waals surface area contributed by atoms with Gasteiger partial charge in [0.1, 0.15) is 5.58 Å². The van der Waals surface area contributed by atoms with Crippen LogP contribution in [-0.2, 0) is 6.54 Å². The first-order valence-electron chi connectivity index (χ1n) is 8.84. The molecule has 4 rings (SSSR count). The van der Waals surface area contributed by atoms with E-state index in [2.05, 4.69) is 36.5 Å². The van der Waals surface area contributed by atoms with E-state index in [1.54, 1.807) is 6.07 Å². The van der Waals surface area contributed by atoms with E-state index in [1.165, 1.54) is 5.56 Å². The molecule has 28 heavy (non-hydrogen) atoms. The van der Waals surface area contributed by atoms with Crippen LogP contribution in [0.25, 0.3) is 11.0 Å². The lowest BCUT2D eigenvalue weighted by Gasteiger charge is -2.36. The van der Waals surface area contributed by atoms with Crippen molar-refractivity contribution >= 4 is 50.3 Å². The molecule has 2 aromatic carbocycles. The summed E-state index contributed by atoms with van der Waals surface area (Å²) in [6.07, 6.45) is -1.40. The summed E-state index contributed by atoms with van der Waals surface area (Å²) >= 11 is 9.72. The summed E-state index contributed by atoms with van der Waals surface area (Å²) in [5.74, 6) is -0.0355. The Morgan fingerprint density at radius 2 is 1.96 bits per heavy atom. The number of hydrogen-bond acceptors (Lipinski definition) is 5. The van der Waals surface area contributed by atoms with E-state index in [0.717, 1.165) is 53.3 Å². The first kappa shape index (κ1) is 19.1. The maximum atomic E-state index is 10.7. The molecule has 0 spiro atoms. The lowest BCUT2D eigenvalue weighted by atomic mass is 10.1. The van der Waals surface area contributed by atoms with Crippen molar-refractivity contribution in [2.24, 2.45) is 0 Å². The minimum atomic E-state index is -1.40. The molecule has 0 amide bonds. The Labute approximate surface area is 175 Å². The third-order valence-corrected chi connectivity index (χ3v) is 5.86. The molecule has 3 aromatic rings. The van der Waals surface area contributed by atoms with Crippen LogP contribution in [0.1, 0.15) is 5.56 Å². The van der Waals surface area contributed by atoms with Crippen molar-refractivity contribution in [3.8, 4) is 5.95 Å². The van der Waals surface area contributed by atoms with Crippen LogP contribution in [0, 0.1) is 0 Å². The SMILES string of the molecule is O=C(O)Oc1cc2c(Br)c(N3CCN(Cc4cccc(Cl)c4)CC3)ccc2o1. The van der Waals surface area contributed by atoms with Gasteiger partial charge in [-0.3, -0.25) is 4.90 Å². The van der Waals surface area contributed by atoms with Crippen LogP contribution in [0.3, 0.4) is 0 Å². The molecule has 6 nitrogen and oxygen atoms in total. The van der Waals surface area contributed by atoms with Gasteiger partial charge < -0.3 is 19.2 Å². The normalized spacial score (nSPS) is 15.1. The number of fused-ring (bicyclic) bond motifs is 1. The van der Waals surface area contributed by atoms with E-state index in [1.807, 2.05) is 30.3 Å². The van der Waals surface area contributed by atoms with Crippen LogP contribution in [-0.4, -0.2) is 42.3 Å². The minimum absolute atomic E-state index is 0.0355. The fraction of sp³-hybridized carbons (Fsp3) is 0.250. The molecule has 0 radical (unpaired) electrons. The van der Waals surface area contributed by atoms with Gasteiger partial charge in [0.15, 0.2) is 0 Å². The molecule has 0 unspecified atom stereocenters. The first-order valence-corrected chi connectivity index (χ1v) is 10.0. The number of piperazine rings is 1. The Balaban J connectivity index is 1.46. The van der Waals surface area contributed by atoms with Gasteiger partial charge in [0.05, 0.1) is 10.2 Å². The highest BCUT2D eigenvalue weighted by Gasteiger charge is 2.21. The third-order valence-electron chi connectivity index (χ3n) is 4.79. The molecule has 8 heteroatoms. The number of halogens is 2. The van der Waals surface area contributed by atoms with Gasteiger partial charge in [0.25, 0.3) is 5.95 Å². The van der Waals surface area contributed by atoms with E-state index in [4.69, 9.17) is 21.1 Å². The molecule has 0 aliphatic carbocycles. The predicted octanol–water partition coefficient (Wildman–Crippen LogP) is 5.23. The van der Waals surface area contributed by atoms with E-state index in [0.29, 0.717) is 5.58 Å². The number of anilines is 1. The average Bonchev–Trinajstić information content (AvgIpc) is 3.06. The number of carbonyl (C=O) groups is 1. The smallest absolute Gasteiger partial charge is 0.449 e. The quantitative estimate of drug-likeness (QED) is 0.532. The highest BCUT2D eigenvalue weighted by Crippen LogP contribution is 2.38. The Morgan fingerprint density at radius 1 is 1.18 bits per heavy atom. The van der Waals surface area contributed by atoms with Gasteiger partial charge in [0.2, 0.25) is 0 Å². The maximum absolute atomic E-state index is 10.7. The number of rotatable bonds is 4. The second kappa shape index (κ2) is 8.03. The highest BCUT2D eigenvalue weighted by molar-refractivity contribution is 9.10. The molecule has 1 N–H and O–H groups in total. The summed E-state index contributed by atoms with van der Waals surface area (Å²) in [6, 6.07) is 13.4. The minimum Gasteiger partial charge on any atom is -0.449 e. The number of benzene rings is 2. The molecule has 2 heterocycles. The molecule has 0 saturated carbocycles. The van der Waals surface area contributed by atoms with Crippen LogP contribution < -0.4 is 9.64 Å². The standard InChI is InChI=1S/C20H18BrClN2O4/c21-19-15-11-18(28-20(25)26)27-17(15)5-4-16(19)24-8-6-23(7-9-24)12-13-2-1-3-14(22)10-13/h1-5,10-11H,6-9,12H2,(H,25,26). The number of nitrogens with zero attached hydrogens (tertiary/aromatic N) is 2. The summed E-state index contributed by atoms with van der Waals surface area (Å²) in [5, 5.41) is 10.3. The molecule has 1 fully saturated rings. The third kappa shape index (κ3) is 4.11. The van der Waals surface area contributed by atoms with E-state index >= 15 is 0 Å². The van der Waals surface area contributed by atoms with E-state index in [-0.39, 0.29) is 5.95 Å². The van der Waals surface area contributed by atoms with E-state index < -0.39 is 6.16 Å². The molecular formula is C20H18BrClN2O4. The van der Waals surface area contributed by atoms with Crippen molar-refractivity contribution < 1.29 is 19.1 Å². The van der Waals surface area contributed by atoms with Crippen molar-refractivity contribution in [1.82, 2.24) is 4.90 Å². The van der Waals surface area contributed by atoms with Crippen molar-refractivity contribution in [2.45, 2.75) is 6.54 Å². The van der Waals surface area contributed by atoms with Crippen LogP contribution in [0.4, 0.5) is 10.5 Å². The molecular weight excluding hydrogens is 448 g/mol. The number of ether oxygens (including phenoxy) is 1. The number of furan rings is 1. The Hall–Kier alpha value is -2.22. The largest absolute Gasteiger partial charge is 0.513 e. The van der Waals surface area contributed by atoms with Crippen molar-refractivity contribution in [3.63, 3.8) is 0 Å². The Morgan fingerprint density at radius 3 is 2.68 bits per heavy atom. The van der Waals surface area contributed by atoms with Gasteiger partial charge in [-0.2, -0.15) is 0 Å². The summed E-state index contributed by atoms with van der Waals surface area (Å²) in [5.41, 5.74) is 2.84. The van der Waals surface area contributed by atoms with E-state index in [9.17, 15) is 4.79 Å². The zero-order chi connectivity index (χ0) is 19.7. The van der Waals surface area contributed by atoms with Gasteiger partial charge in [-0.15, -0.1) is 0 Å². The van der Waals surface area contributed by atoms with Crippen LogP contribution in [0.2, 0.25) is 5.02 Å². The van der Waals surface area contributed by atoms with Crippen molar-refractivity contribution in [1.29, 1.82) is 0 Å². The summed E-state index contributed by atoms with van der Waals surface area (Å²) in [7, 11) is 0. The molecule has 1 saturated heterocycles. The second-order valence-electron chi connectivity index (χ2n) is 6.64. The molecule has 1 aliphatic rings. The van der Waals surface area contributed by atoms with Gasteiger partial charge in [-0.05, 0) is 45.8 Å². The van der Waals surface area contributed by atoms with Gasteiger partial charge in [-0.25, -0.2) is 4.79 Å². The van der Waals surface area contributed by atoms with Crippen molar-refractivity contribution in [2.75, 3.05) is 31.1 Å². The lowest BCUT2D eigenvalue weighted by molar-refractivity contribution is 0.134. The maximum Gasteiger partial charge on any atom is 0.513 e. The van der Waals surface area contributed by atoms with Gasteiger partial charge in [-0.1, -0.05) is 23.7 Å². The van der Waals surface area contributed by atoms with Crippen molar-refractivity contribution in [3.05, 3.63) is 57.5 Å². The predicted molar refractivity (Wildman–Crippen MR) is 112 cm³/mol. The topological polar surface area (TPSA) is 66.2 Å². The molecule has 1 aromatic heterocycles. The average molecular weight is 466 g/mol. The van der Waals surface area contributed by atoms with Crippen LogP contribution in [0.5, 0.6) is 5.95 Å². The summed E-state index contributed by atoms with van der Waals surface area (Å²) < 4.78 is 10.9. The van der Waals surface area contributed by atoms with Crippen LogP contribution >= 0.6 is 27.5 Å². The Kier molecular flexibility index (Phi) is 5.48. The van der Waals surface area contributed by atoms with Gasteiger partial charge in [0, 0.05) is 49.2 Å². The summed E-state index contributed by atoms with van der Waals surface area (Å²) in [6.45, 7) is 4.54. The fourth-order valence-electron chi connectivity index (χ4n) is 3.46.